The lowest BCUT2D eigenvalue weighted by molar-refractivity contribution is 0.178. The molecule has 1 aromatic heterocycles. The smallest absolute Gasteiger partial charge is 0.158 e. The van der Waals surface area contributed by atoms with E-state index in [1.54, 1.807) is 14.2 Å². The van der Waals surface area contributed by atoms with E-state index in [9.17, 15) is 0 Å². The molecule has 1 heterocycles. The monoisotopic (exact) mass is 249 g/mol. The van der Waals surface area contributed by atoms with Crippen molar-refractivity contribution in [3.05, 3.63) is 11.9 Å². The van der Waals surface area contributed by atoms with Gasteiger partial charge < -0.3 is 15.0 Å². The molecule has 0 aliphatic heterocycles. The molecule has 1 N–H and O–H groups in total. The zero-order valence-corrected chi connectivity index (χ0v) is 11.3. The standard InChI is InChI=1S/C12H19N5O/c1-9(5-6-13)17(3)12-7-10(14-2)15-11(16-12)8-18-4/h7,9H,5,8H2,1-4H3,(H,14,15,16). The lowest BCUT2D eigenvalue weighted by atomic mass is 10.2. The van der Waals surface area contributed by atoms with Crippen molar-refractivity contribution in [2.24, 2.45) is 0 Å². The van der Waals surface area contributed by atoms with Crippen molar-refractivity contribution in [1.29, 1.82) is 5.26 Å². The predicted molar refractivity (Wildman–Crippen MR) is 70.4 cm³/mol. The average molecular weight is 249 g/mol. The van der Waals surface area contributed by atoms with Crippen LogP contribution < -0.4 is 10.2 Å². The maximum Gasteiger partial charge on any atom is 0.158 e. The van der Waals surface area contributed by atoms with Crippen LogP contribution in [-0.4, -0.2) is 37.2 Å². The predicted octanol–water partition coefficient (Wildman–Crippen LogP) is 1.40. The molecule has 18 heavy (non-hydrogen) atoms. The highest BCUT2D eigenvalue weighted by Crippen LogP contribution is 2.18. The van der Waals surface area contributed by atoms with E-state index >= 15 is 0 Å². The van der Waals surface area contributed by atoms with Gasteiger partial charge in [-0.05, 0) is 6.92 Å². The highest BCUT2D eigenvalue weighted by atomic mass is 16.5. The van der Waals surface area contributed by atoms with Crippen LogP contribution in [-0.2, 0) is 11.3 Å². The molecule has 1 rings (SSSR count). The molecule has 0 spiro atoms. The van der Waals surface area contributed by atoms with Crippen LogP contribution >= 0.6 is 0 Å². The minimum atomic E-state index is 0.102. The first-order chi connectivity index (χ1) is 8.62. The first-order valence-electron chi connectivity index (χ1n) is 5.76. The molecule has 1 aromatic rings. The molecule has 0 aromatic carbocycles. The lowest BCUT2D eigenvalue weighted by Gasteiger charge is -2.24. The minimum absolute atomic E-state index is 0.102. The maximum absolute atomic E-state index is 8.73. The van der Waals surface area contributed by atoms with Crippen LogP contribution in [0.3, 0.4) is 0 Å². The fourth-order valence-electron chi connectivity index (χ4n) is 1.48. The van der Waals surface area contributed by atoms with Gasteiger partial charge in [0.25, 0.3) is 0 Å². The zero-order valence-electron chi connectivity index (χ0n) is 11.3. The van der Waals surface area contributed by atoms with Crippen molar-refractivity contribution in [2.75, 3.05) is 31.4 Å². The zero-order chi connectivity index (χ0) is 13.5. The van der Waals surface area contributed by atoms with Crippen molar-refractivity contribution in [3.63, 3.8) is 0 Å². The fraction of sp³-hybridized carbons (Fsp3) is 0.583. The van der Waals surface area contributed by atoms with Gasteiger partial charge in [-0.15, -0.1) is 0 Å². The van der Waals surface area contributed by atoms with E-state index in [2.05, 4.69) is 21.4 Å². The highest BCUT2D eigenvalue weighted by Gasteiger charge is 2.13. The second kappa shape index (κ2) is 6.77. The summed E-state index contributed by atoms with van der Waals surface area (Å²) in [6.45, 7) is 2.35. The summed E-state index contributed by atoms with van der Waals surface area (Å²) in [5.74, 6) is 2.14. The third-order valence-electron chi connectivity index (χ3n) is 2.70. The van der Waals surface area contributed by atoms with Gasteiger partial charge in [0.15, 0.2) is 5.82 Å². The van der Waals surface area contributed by atoms with E-state index < -0.39 is 0 Å². The van der Waals surface area contributed by atoms with Gasteiger partial charge in [-0.3, -0.25) is 0 Å². The van der Waals surface area contributed by atoms with Gasteiger partial charge in [-0.2, -0.15) is 5.26 Å². The molecule has 98 valence electrons. The highest BCUT2D eigenvalue weighted by molar-refractivity contribution is 5.49. The van der Waals surface area contributed by atoms with E-state index in [0.29, 0.717) is 18.9 Å². The Kier molecular flexibility index (Phi) is 5.33. The van der Waals surface area contributed by atoms with Crippen molar-refractivity contribution in [3.8, 4) is 6.07 Å². The molecule has 6 heteroatoms. The Morgan fingerprint density at radius 1 is 1.56 bits per heavy atom. The number of nitrogens with one attached hydrogen (secondary N) is 1. The fourth-order valence-corrected chi connectivity index (χ4v) is 1.48. The first-order valence-corrected chi connectivity index (χ1v) is 5.76. The van der Waals surface area contributed by atoms with Crippen LogP contribution in [0, 0.1) is 11.3 Å². The molecule has 0 aliphatic carbocycles. The molecule has 0 saturated heterocycles. The van der Waals surface area contributed by atoms with Crippen LogP contribution in [0.1, 0.15) is 19.2 Å². The molecule has 0 radical (unpaired) electrons. The Labute approximate surface area is 108 Å². The van der Waals surface area contributed by atoms with Gasteiger partial charge in [-0.25, -0.2) is 9.97 Å². The van der Waals surface area contributed by atoms with Gasteiger partial charge in [0.05, 0.1) is 12.5 Å². The summed E-state index contributed by atoms with van der Waals surface area (Å²) in [5.41, 5.74) is 0. The molecule has 1 unspecified atom stereocenters. The Morgan fingerprint density at radius 3 is 2.83 bits per heavy atom. The molecule has 0 amide bonds. The summed E-state index contributed by atoms with van der Waals surface area (Å²) < 4.78 is 5.05. The van der Waals surface area contributed by atoms with Gasteiger partial charge in [0.1, 0.15) is 18.2 Å². The average Bonchev–Trinajstić information content (AvgIpc) is 2.38. The second-order valence-electron chi connectivity index (χ2n) is 4.03. The van der Waals surface area contributed by atoms with Crippen LogP contribution in [0.2, 0.25) is 0 Å². The van der Waals surface area contributed by atoms with Crippen molar-refractivity contribution < 1.29 is 4.74 Å². The third kappa shape index (κ3) is 3.57. The topological polar surface area (TPSA) is 74.1 Å². The van der Waals surface area contributed by atoms with E-state index in [4.69, 9.17) is 10.00 Å². The van der Waals surface area contributed by atoms with Crippen molar-refractivity contribution in [2.45, 2.75) is 26.0 Å². The summed E-state index contributed by atoms with van der Waals surface area (Å²) in [4.78, 5) is 10.7. The summed E-state index contributed by atoms with van der Waals surface area (Å²) in [5, 5.41) is 11.7. The van der Waals surface area contributed by atoms with Gasteiger partial charge >= 0.3 is 0 Å². The number of hydrogen-bond donors (Lipinski definition) is 1. The van der Waals surface area contributed by atoms with Crippen LogP contribution in [0.4, 0.5) is 11.6 Å². The summed E-state index contributed by atoms with van der Waals surface area (Å²) >= 11 is 0. The van der Waals surface area contributed by atoms with E-state index in [0.717, 1.165) is 11.6 Å². The number of nitrogens with zero attached hydrogens (tertiary/aromatic N) is 4. The number of methoxy groups -OCH3 is 1. The molecule has 0 aliphatic rings. The largest absolute Gasteiger partial charge is 0.377 e. The van der Waals surface area contributed by atoms with Crippen LogP contribution in [0.5, 0.6) is 0 Å². The van der Waals surface area contributed by atoms with E-state index in [1.807, 2.05) is 24.9 Å². The molecular formula is C12H19N5O. The number of rotatable bonds is 6. The molecule has 0 bridgehead atoms. The van der Waals surface area contributed by atoms with Crippen molar-refractivity contribution in [1.82, 2.24) is 9.97 Å². The molecule has 1 atom stereocenters. The number of anilines is 2. The Balaban J connectivity index is 2.99. The second-order valence-corrected chi connectivity index (χ2v) is 4.03. The van der Waals surface area contributed by atoms with Crippen LogP contribution in [0.25, 0.3) is 0 Å². The Bertz CT molecular complexity index is 429. The minimum Gasteiger partial charge on any atom is -0.377 e. The summed E-state index contributed by atoms with van der Waals surface area (Å²) in [6.07, 6.45) is 0.453. The molecular weight excluding hydrogens is 230 g/mol. The maximum atomic E-state index is 8.73. The summed E-state index contributed by atoms with van der Waals surface area (Å²) in [7, 11) is 5.33. The van der Waals surface area contributed by atoms with Gasteiger partial charge in [-0.1, -0.05) is 0 Å². The number of ether oxygens (including phenoxy) is 1. The molecule has 6 nitrogen and oxygen atoms in total. The third-order valence-corrected chi connectivity index (χ3v) is 2.70. The first kappa shape index (κ1) is 14.2. The summed E-state index contributed by atoms with van der Waals surface area (Å²) in [6, 6.07) is 4.12. The quantitative estimate of drug-likeness (QED) is 0.821. The molecule has 0 saturated carbocycles. The van der Waals surface area contributed by atoms with E-state index in [-0.39, 0.29) is 6.04 Å². The number of aromatic nitrogens is 2. The van der Waals surface area contributed by atoms with Crippen molar-refractivity contribution >= 4 is 11.6 Å². The van der Waals surface area contributed by atoms with Crippen LogP contribution in [0.15, 0.2) is 6.07 Å². The Hall–Kier alpha value is -1.87. The number of hydrogen-bond acceptors (Lipinski definition) is 6. The van der Waals surface area contributed by atoms with Gasteiger partial charge in [0, 0.05) is 33.3 Å². The Morgan fingerprint density at radius 2 is 2.28 bits per heavy atom. The number of nitriles is 1. The molecule has 0 fully saturated rings. The normalized spacial score (nSPS) is 11.7. The van der Waals surface area contributed by atoms with Gasteiger partial charge in [0.2, 0.25) is 0 Å². The SMILES string of the molecule is CNc1cc(N(C)C(C)CC#N)nc(COC)n1. The van der Waals surface area contributed by atoms with E-state index in [1.165, 1.54) is 0 Å². The lowest BCUT2D eigenvalue weighted by Crippen LogP contribution is -2.29.